The molecule has 1 N–H and O–H groups in total. The van der Waals surface area contributed by atoms with Gasteiger partial charge in [0.15, 0.2) is 6.04 Å². The molecule has 1 aromatic carbocycles. The van der Waals surface area contributed by atoms with Gasteiger partial charge in [0.2, 0.25) is 5.91 Å². The number of hydrazine groups is 1. The highest BCUT2D eigenvalue weighted by Gasteiger charge is 2.52. The van der Waals surface area contributed by atoms with Crippen LogP contribution in [-0.4, -0.2) is 22.6 Å². The number of carbonyl (C=O) groups excluding carboxylic acids is 1. The van der Waals surface area contributed by atoms with Gasteiger partial charge >= 0.3 is 6.18 Å². The Morgan fingerprint density at radius 3 is 2.50 bits per heavy atom. The van der Waals surface area contributed by atoms with E-state index in [0.717, 1.165) is 5.01 Å². The molecule has 2 rings (SSSR count). The van der Waals surface area contributed by atoms with Crippen molar-refractivity contribution in [3.63, 3.8) is 0 Å². The van der Waals surface area contributed by atoms with Crippen LogP contribution in [-0.2, 0) is 4.79 Å². The number of hydrogen-bond acceptors (Lipinski definition) is 2. The molecule has 1 saturated heterocycles. The highest BCUT2D eigenvalue weighted by Crippen LogP contribution is 2.43. The molecule has 0 aliphatic carbocycles. The van der Waals surface area contributed by atoms with E-state index in [2.05, 4.69) is 21.4 Å². The summed E-state index contributed by atoms with van der Waals surface area (Å²) in [7, 11) is 0. The summed E-state index contributed by atoms with van der Waals surface area (Å²) >= 11 is 3.17. The third kappa shape index (κ3) is 2.98. The number of halogens is 4. The lowest BCUT2D eigenvalue weighted by Gasteiger charge is -2.37. The quantitative estimate of drug-likeness (QED) is 0.884. The van der Waals surface area contributed by atoms with Crippen molar-refractivity contribution in [1.29, 1.82) is 0 Å². The van der Waals surface area contributed by atoms with Crippen molar-refractivity contribution in [2.45, 2.75) is 38.0 Å². The number of amides is 1. The predicted octanol–water partition coefficient (Wildman–Crippen LogP) is 3.57. The van der Waals surface area contributed by atoms with Gasteiger partial charge in [-0.3, -0.25) is 10.2 Å². The molecule has 1 aliphatic rings. The zero-order valence-corrected chi connectivity index (χ0v) is 12.5. The molecule has 7 heteroatoms. The van der Waals surface area contributed by atoms with E-state index in [1.165, 1.54) is 12.1 Å². The van der Waals surface area contributed by atoms with Gasteiger partial charge in [-0.15, -0.1) is 0 Å². The lowest BCUT2D eigenvalue weighted by molar-refractivity contribution is -0.203. The molecule has 20 heavy (non-hydrogen) atoms. The minimum Gasteiger partial charge on any atom is -0.287 e. The summed E-state index contributed by atoms with van der Waals surface area (Å²) in [6.45, 7) is 3.23. The van der Waals surface area contributed by atoms with Crippen LogP contribution in [0, 0.1) is 0 Å². The average molecular weight is 351 g/mol. The zero-order valence-electron chi connectivity index (χ0n) is 11.0. The first-order valence-electron chi connectivity index (χ1n) is 6.02. The maximum atomic E-state index is 13.5. The second-order valence-corrected chi connectivity index (χ2v) is 6.31. The number of carbonyl (C=O) groups is 1. The summed E-state index contributed by atoms with van der Waals surface area (Å²) < 4.78 is 40.9. The van der Waals surface area contributed by atoms with Gasteiger partial charge < -0.3 is 0 Å². The molecule has 1 fully saturated rings. The highest BCUT2D eigenvalue weighted by atomic mass is 79.9. The van der Waals surface area contributed by atoms with Gasteiger partial charge in [0.1, 0.15) is 0 Å². The first-order valence-corrected chi connectivity index (χ1v) is 6.81. The van der Waals surface area contributed by atoms with Gasteiger partial charge in [0, 0.05) is 16.4 Å². The lowest BCUT2D eigenvalue weighted by atomic mass is 9.97. The minimum absolute atomic E-state index is 0.0353. The van der Waals surface area contributed by atoms with Crippen LogP contribution in [0.4, 0.5) is 13.2 Å². The zero-order chi connectivity index (χ0) is 15.1. The Bertz CT molecular complexity index is 531. The molecule has 110 valence electrons. The summed E-state index contributed by atoms with van der Waals surface area (Å²) in [4.78, 5) is 11.5. The van der Waals surface area contributed by atoms with Crippen LogP contribution in [0.3, 0.4) is 0 Å². The molecule has 1 aliphatic heterocycles. The van der Waals surface area contributed by atoms with Crippen LogP contribution in [0.25, 0.3) is 0 Å². The Balaban J connectivity index is 2.47. The molecule has 0 unspecified atom stereocenters. The SMILES string of the molecule is CC1(C)CC(=O)NN1[C@@H](c1cccc(Br)c1)C(F)(F)F. The fraction of sp³-hybridized carbons (Fsp3) is 0.462. The summed E-state index contributed by atoms with van der Waals surface area (Å²) in [5.41, 5.74) is 1.51. The number of benzene rings is 1. The number of rotatable bonds is 2. The van der Waals surface area contributed by atoms with Gasteiger partial charge in [0.25, 0.3) is 0 Å². The molecule has 0 saturated carbocycles. The van der Waals surface area contributed by atoms with Crippen LogP contribution in [0.2, 0.25) is 0 Å². The van der Waals surface area contributed by atoms with Gasteiger partial charge in [-0.05, 0) is 31.5 Å². The van der Waals surface area contributed by atoms with Crippen molar-refractivity contribution in [2.75, 3.05) is 0 Å². The van der Waals surface area contributed by atoms with Crippen molar-refractivity contribution >= 4 is 21.8 Å². The molecular weight excluding hydrogens is 337 g/mol. The molecule has 1 atom stereocenters. The standard InChI is InChI=1S/C13H14BrF3N2O/c1-12(2)7-10(20)18-19(12)11(13(15,16)17)8-4-3-5-9(14)6-8/h3-6,11H,7H2,1-2H3,(H,18,20)/t11-/m0/s1. The average Bonchev–Trinajstić information content (AvgIpc) is 2.50. The van der Waals surface area contributed by atoms with E-state index < -0.39 is 23.7 Å². The Kier molecular flexibility index (Phi) is 3.85. The highest BCUT2D eigenvalue weighted by molar-refractivity contribution is 9.10. The van der Waals surface area contributed by atoms with E-state index in [1.54, 1.807) is 26.0 Å². The number of alkyl halides is 3. The third-order valence-corrected chi connectivity index (χ3v) is 3.72. The normalized spacial score (nSPS) is 20.8. The maximum absolute atomic E-state index is 13.5. The molecule has 1 aromatic rings. The Morgan fingerprint density at radius 1 is 1.40 bits per heavy atom. The molecule has 1 amide bonds. The fourth-order valence-corrected chi connectivity index (χ4v) is 2.80. The van der Waals surface area contributed by atoms with Crippen LogP contribution < -0.4 is 5.43 Å². The Labute approximate surface area is 123 Å². The van der Waals surface area contributed by atoms with E-state index in [4.69, 9.17) is 0 Å². The largest absolute Gasteiger partial charge is 0.409 e. The van der Waals surface area contributed by atoms with Crippen molar-refractivity contribution in [3.05, 3.63) is 34.3 Å². The first-order chi connectivity index (χ1) is 9.11. The van der Waals surface area contributed by atoms with Crippen molar-refractivity contribution in [2.24, 2.45) is 0 Å². The number of nitrogens with zero attached hydrogens (tertiary/aromatic N) is 1. The Morgan fingerprint density at radius 2 is 2.05 bits per heavy atom. The molecule has 0 bridgehead atoms. The Hall–Kier alpha value is -1.08. The van der Waals surface area contributed by atoms with Crippen LogP contribution in [0.5, 0.6) is 0 Å². The summed E-state index contributed by atoms with van der Waals surface area (Å²) in [5, 5.41) is 0.997. The van der Waals surface area contributed by atoms with Crippen LogP contribution >= 0.6 is 15.9 Å². The molecule has 0 spiro atoms. The molecule has 1 heterocycles. The molecule has 0 radical (unpaired) electrons. The summed E-state index contributed by atoms with van der Waals surface area (Å²) in [6.07, 6.45) is -4.46. The van der Waals surface area contributed by atoms with E-state index in [-0.39, 0.29) is 12.0 Å². The van der Waals surface area contributed by atoms with Crippen molar-refractivity contribution in [3.8, 4) is 0 Å². The monoisotopic (exact) mass is 350 g/mol. The van der Waals surface area contributed by atoms with E-state index >= 15 is 0 Å². The summed E-state index contributed by atoms with van der Waals surface area (Å²) in [6, 6.07) is 4.15. The van der Waals surface area contributed by atoms with Gasteiger partial charge in [-0.1, -0.05) is 28.1 Å². The molecular formula is C13H14BrF3N2O. The maximum Gasteiger partial charge on any atom is 0.409 e. The second-order valence-electron chi connectivity index (χ2n) is 5.39. The summed E-state index contributed by atoms with van der Waals surface area (Å²) in [5.74, 6) is -0.403. The van der Waals surface area contributed by atoms with Gasteiger partial charge in [-0.25, -0.2) is 0 Å². The van der Waals surface area contributed by atoms with Gasteiger partial charge in [0.05, 0.1) is 0 Å². The predicted molar refractivity (Wildman–Crippen MR) is 71.6 cm³/mol. The minimum atomic E-state index is -4.49. The van der Waals surface area contributed by atoms with Crippen LogP contribution in [0.15, 0.2) is 28.7 Å². The second kappa shape index (κ2) is 5.04. The third-order valence-electron chi connectivity index (χ3n) is 3.22. The first kappa shape index (κ1) is 15.3. The van der Waals surface area contributed by atoms with E-state index in [9.17, 15) is 18.0 Å². The number of hydrogen-bond donors (Lipinski definition) is 1. The van der Waals surface area contributed by atoms with E-state index in [1.807, 2.05) is 0 Å². The molecule has 0 aromatic heterocycles. The topological polar surface area (TPSA) is 32.3 Å². The fourth-order valence-electron chi connectivity index (χ4n) is 2.38. The van der Waals surface area contributed by atoms with Crippen LogP contribution in [0.1, 0.15) is 31.9 Å². The number of nitrogens with one attached hydrogen (secondary N) is 1. The van der Waals surface area contributed by atoms with Gasteiger partial charge in [-0.2, -0.15) is 18.2 Å². The smallest absolute Gasteiger partial charge is 0.287 e. The lowest BCUT2D eigenvalue weighted by Crippen LogP contribution is -2.51. The van der Waals surface area contributed by atoms with Crippen molar-refractivity contribution in [1.82, 2.24) is 10.4 Å². The molecule has 3 nitrogen and oxygen atoms in total. The van der Waals surface area contributed by atoms with E-state index in [0.29, 0.717) is 4.47 Å². The van der Waals surface area contributed by atoms with Crippen molar-refractivity contribution < 1.29 is 18.0 Å².